The Bertz CT molecular complexity index is 686. The van der Waals surface area contributed by atoms with Crippen LogP contribution >= 0.6 is 0 Å². The molecule has 4 atom stereocenters. The summed E-state index contributed by atoms with van der Waals surface area (Å²) in [4.78, 5) is 58.8. The van der Waals surface area contributed by atoms with E-state index in [1.54, 1.807) is 0 Å². The molecule has 33 heavy (non-hydrogen) atoms. The molecule has 0 aromatic carbocycles. The SMILES string of the molecule is CCCCCC(=O)N[C@@H]1CCCC[C@H]1OCC(=O)N[C@@H](C)C(=O)N[C@H](CCC(=O)O)C(N)=O. The molecule has 6 N–H and O–H groups in total. The van der Waals surface area contributed by atoms with Gasteiger partial charge < -0.3 is 31.5 Å². The molecule has 0 aromatic rings. The predicted octanol–water partition coefficient (Wildman–Crippen LogP) is 0.350. The first-order valence-electron chi connectivity index (χ1n) is 11.7. The number of aliphatic carboxylic acids is 1. The van der Waals surface area contributed by atoms with Crippen molar-refractivity contribution in [3.8, 4) is 0 Å². The third kappa shape index (κ3) is 11.7. The molecule has 1 rings (SSSR count). The van der Waals surface area contributed by atoms with Crippen molar-refractivity contribution >= 4 is 29.6 Å². The van der Waals surface area contributed by atoms with Crippen LogP contribution in [0, 0.1) is 0 Å². The van der Waals surface area contributed by atoms with Gasteiger partial charge in [-0.05, 0) is 32.6 Å². The lowest BCUT2D eigenvalue weighted by atomic mass is 9.92. The average Bonchev–Trinajstić information content (AvgIpc) is 2.75. The molecule has 1 fully saturated rings. The number of ether oxygens (including phenoxy) is 1. The van der Waals surface area contributed by atoms with Crippen molar-refractivity contribution in [2.75, 3.05) is 6.61 Å². The lowest BCUT2D eigenvalue weighted by Gasteiger charge is -2.32. The van der Waals surface area contributed by atoms with E-state index >= 15 is 0 Å². The second kappa shape index (κ2) is 15.2. The molecular formula is C22H38N4O7. The minimum absolute atomic E-state index is 0.00871. The van der Waals surface area contributed by atoms with E-state index in [9.17, 15) is 24.0 Å². The summed E-state index contributed by atoms with van der Waals surface area (Å²) in [6, 6.07) is -2.27. The van der Waals surface area contributed by atoms with Gasteiger partial charge in [0.2, 0.25) is 23.6 Å². The number of carboxylic acid groups (broad SMARTS) is 1. The summed E-state index contributed by atoms with van der Waals surface area (Å²) in [5.41, 5.74) is 5.20. The molecule has 0 aromatic heterocycles. The molecule has 4 amide bonds. The maximum absolute atomic E-state index is 12.3. The molecule has 1 aliphatic carbocycles. The summed E-state index contributed by atoms with van der Waals surface area (Å²) in [5.74, 6) is -3.16. The topological polar surface area (TPSA) is 177 Å². The van der Waals surface area contributed by atoms with E-state index in [2.05, 4.69) is 22.9 Å². The molecular weight excluding hydrogens is 432 g/mol. The zero-order valence-electron chi connectivity index (χ0n) is 19.6. The average molecular weight is 471 g/mol. The van der Waals surface area contributed by atoms with Gasteiger partial charge in [0.1, 0.15) is 18.7 Å². The Morgan fingerprint density at radius 1 is 1.03 bits per heavy atom. The van der Waals surface area contributed by atoms with E-state index in [1.165, 1.54) is 6.92 Å². The van der Waals surface area contributed by atoms with Crippen molar-refractivity contribution in [3.63, 3.8) is 0 Å². The molecule has 0 aliphatic heterocycles. The van der Waals surface area contributed by atoms with E-state index in [1.807, 2.05) is 0 Å². The molecule has 11 nitrogen and oxygen atoms in total. The first kappa shape index (κ1) is 28.3. The van der Waals surface area contributed by atoms with Gasteiger partial charge in [-0.3, -0.25) is 24.0 Å². The number of unbranched alkanes of at least 4 members (excludes halogenated alkanes) is 2. The quantitative estimate of drug-likeness (QED) is 0.214. The number of carbonyl (C=O) groups excluding carboxylic acids is 4. The van der Waals surface area contributed by atoms with Crippen molar-refractivity contribution in [2.24, 2.45) is 5.73 Å². The van der Waals surface area contributed by atoms with Gasteiger partial charge in [-0.15, -0.1) is 0 Å². The van der Waals surface area contributed by atoms with Crippen LogP contribution in [0.15, 0.2) is 0 Å². The van der Waals surface area contributed by atoms with Crippen LogP contribution < -0.4 is 21.7 Å². The summed E-state index contributed by atoms with van der Waals surface area (Å²) in [5, 5.41) is 16.6. The van der Waals surface area contributed by atoms with Crippen molar-refractivity contribution in [1.82, 2.24) is 16.0 Å². The van der Waals surface area contributed by atoms with Crippen LogP contribution in [-0.2, 0) is 28.7 Å². The van der Waals surface area contributed by atoms with E-state index in [0.717, 1.165) is 44.9 Å². The molecule has 1 aliphatic rings. The van der Waals surface area contributed by atoms with Crippen LogP contribution in [0.4, 0.5) is 0 Å². The number of hydrogen-bond donors (Lipinski definition) is 5. The van der Waals surface area contributed by atoms with Gasteiger partial charge in [0, 0.05) is 12.8 Å². The molecule has 0 radical (unpaired) electrons. The Kier molecular flexibility index (Phi) is 13.1. The largest absolute Gasteiger partial charge is 0.481 e. The van der Waals surface area contributed by atoms with Crippen LogP contribution in [0.25, 0.3) is 0 Å². The summed E-state index contributed by atoms with van der Waals surface area (Å²) in [7, 11) is 0. The predicted molar refractivity (Wildman–Crippen MR) is 120 cm³/mol. The lowest BCUT2D eigenvalue weighted by Crippen LogP contribution is -2.53. The molecule has 188 valence electrons. The minimum atomic E-state index is -1.15. The molecule has 0 heterocycles. The highest BCUT2D eigenvalue weighted by molar-refractivity contribution is 5.91. The molecule has 1 saturated carbocycles. The van der Waals surface area contributed by atoms with Gasteiger partial charge >= 0.3 is 5.97 Å². The van der Waals surface area contributed by atoms with Crippen molar-refractivity contribution in [3.05, 3.63) is 0 Å². The standard InChI is InChI=1S/C22H38N4O7/c1-3-4-5-10-18(27)25-15-8-6-7-9-17(15)33-13-19(28)24-14(2)22(32)26-16(21(23)31)11-12-20(29)30/h14-17H,3-13H2,1-2H3,(H2,23,31)(H,24,28)(H,25,27)(H,26,32)(H,29,30)/t14-,15+,16+,17+/m0/s1. The number of rotatable bonds is 15. The van der Waals surface area contributed by atoms with E-state index in [0.29, 0.717) is 6.42 Å². The molecule has 0 unspecified atom stereocenters. The van der Waals surface area contributed by atoms with Crippen molar-refractivity contribution in [1.29, 1.82) is 0 Å². The van der Waals surface area contributed by atoms with Gasteiger partial charge in [0.15, 0.2) is 0 Å². The zero-order valence-corrected chi connectivity index (χ0v) is 19.6. The molecule has 0 saturated heterocycles. The summed E-state index contributed by atoms with van der Waals surface area (Å²) in [6.07, 6.45) is 6.04. The number of nitrogens with one attached hydrogen (secondary N) is 3. The van der Waals surface area contributed by atoms with Crippen LogP contribution in [0.1, 0.15) is 78.1 Å². The Balaban J connectivity index is 2.47. The summed E-state index contributed by atoms with van der Waals surface area (Å²) < 4.78 is 5.75. The maximum Gasteiger partial charge on any atom is 0.303 e. The van der Waals surface area contributed by atoms with Crippen molar-refractivity contribution in [2.45, 2.75) is 102 Å². The smallest absolute Gasteiger partial charge is 0.303 e. The normalized spacial score (nSPS) is 19.7. The fourth-order valence-corrected chi connectivity index (χ4v) is 3.66. The van der Waals surface area contributed by atoms with Crippen LogP contribution in [0.3, 0.4) is 0 Å². The number of carboxylic acids is 1. The second-order valence-corrected chi connectivity index (χ2v) is 8.45. The molecule has 0 spiro atoms. The number of hydrogen-bond acceptors (Lipinski definition) is 6. The highest BCUT2D eigenvalue weighted by atomic mass is 16.5. The number of amides is 4. The van der Waals surface area contributed by atoms with Gasteiger partial charge in [0.05, 0.1) is 12.1 Å². The fraction of sp³-hybridized carbons (Fsp3) is 0.773. The third-order valence-electron chi connectivity index (χ3n) is 5.56. The number of primary amides is 1. The fourth-order valence-electron chi connectivity index (χ4n) is 3.66. The Morgan fingerprint density at radius 3 is 2.36 bits per heavy atom. The van der Waals surface area contributed by atoms with E-state index in [-0.39, 0.29) is 37.5 Å². The maximum atomic E-state index is 12.3. The Labute approximate surface area is 194 Å². The van der Waals surface area contributed by atoms with Crippen LogP contribution in [0.2, 0.25) is 0 Å². The zero-order chi connectivity index (χ0) is 24.8. The summed E-state index contributed by atoms with van der Waals surface area (Å²) >= 11 is 0. The first-order valence-corrected chi connectivity index (χ1v) is 11.7. The summed E-state index contributed by atoms with van der Waals surface area (Å²) in [6.45, 7) is 3.24. The molecule has 11 heteroatoms. The van der Waals surface area contributed by atoms with Crippen molar-refractivity contribution < 1.29 is 33.8 Å². The Morgan fingerprint density at radius 2 is 1.73 bits per heavy atom. The molecule has 0 bridgehead atoms. The highest BCUT2D eigenvalue weighted by Crippen LogP contribution is 2.21. The van der Waals surface area contributed by atoms with Crippen LogP contribution in [-0.4, -0.2) is 65.5 Å². The first-order chi connectivity index (χ1) is 15.6. The van der Waals surface area contributed by atoms with E-state index in [4.69, 9.17) is 15.6 Å². The minimum Gasteiger partial charge on any atom is -0.481 e. The number of nitrogens with two attached hydrogens (primary N) is 1. The lowest BCUT2D eigenvalue weighted by molar-refractivity contribution is -0.138. The van der Waals surface area contributed by atoms with E-state index < -0.39 is 35.8 Å². The monoisotopic (exact) mass is 470 g/mol. The van der Waals surface area contributed by atoms with Gasteiger partial charge in [-0.25, -0.2) is 0 Å². The second-order valence-electron chi connectivity index (χ2n) is 8.45. The Hall–Kier alpha value is -2.69. The van der Waals surface area contributed by atoms with Gasteiger partial charge in [-0.2, -0.15) is 0 Å². The number of carbonyl (C=O) groups is 5. The highest BCUT2D eigenvalue weighted by Gasteiger charge is 2.28. The van der Waals surface area contributed by atoms with Gasteiger partial charge in [-0.1, -0.05) is 32.6 Å². The van der Waals surface area contributed by atoms with Gasteiger partial charge in [0.25, 0.3) is 0 Å². The van der Waals surface area contributed by atoms with Crippen LogP contribution in [0.5, 0.6) is 0 Å². The third-order valence-corrected chi connectivity index (χ3v) is 5.56.